The van der Waals surface area contributed by atoms with Gasteiger partial charge in [-0.1, -0.05) is 66.7 Å². The third-order valence-corrected chi connectivity index (χ3v) is 8.07. The summed E-state index contributed by atoms with van der Waals surface area (Å²) in [6.07, 6.45) is -0.486. The van der Waals surface area contributed by atoms with Gasteiger partial charge in [-0.25, -0.2) is 23.9 Å². The number of nitrogens with one attached hydrogen (secondary N) is 1. The summed E-state index contributed by atoms with van der Waals surface area (Å²) in [7, 11) is -5.26. The van der Waals surface area contributed by atoms with Gasteiger partial charge in [0, 0.05) is 12.0 Å². The van der Waals surface area contributed by atoms with Gasteiger partial charge in [0.1, 0.15) is 12.6 Å². The number of alkyl halides is 2. The van der Waals surface area contributed by atoms with E-state index in [0.29, 0.717) is 12.0 Å². The third kappa shape index (κ3) is 6.86. The number of aliphatic carboxylic acids is 1. The van der Waals surface area contributed by atoms with Gasteiger partial charge < -0.3 is 15.2 Å². The summed E-state index contributed by atoms with van der Waals surface area (Å²) in [5, 5.41) is 12.0. The molecule has 2 N–H and O–H groups in total. The van der Waals surface area contributed by atoms with Crippen LogP contribution in [0.5, 0.6) is 0 Å². The summed E-state index contributed by atoms with van der Waals surface area (Å²) in [6, 6.07) is 16.6. The van der Waals surface area contributed by atoms with Crippen LogP contribution < -0.4 is 5.32 Å². The molecule has 3 aromatic rings. The van der Waals surface area contributed by atoms with Crippen LogP contribution in [-0.4, -0.2) is 36.4 Å². The SMILES string of the molecule is CCOOP(=O)(OOCC)C(F)(F)c1ccc(CC(NC(=O)OCc2cccc3c2Cc2ccccc2-3)C(=O)O)cc1. The Morgan fingerprint density at radius 3 is 2.24 bits per heavy atom. The molecule has 0 spiro atoms. The fourth-order valence-corrected chi connectivity index (χ4v) is 5.64. The Morgan fingerprint density at radius 1 is 0.952 bits per heavy atom. The molecule has 1 amide bonds. The van der Waals surface area contributed by atoms with Crippen LogP contribution in [0, 0.1) is 0 Å². The minimum atomic E-state index is -5.26. The lowest BCUT2D eigenvalue weighted by molar-refractivity contribution is -0.275. The van der Waals surface area contributed by atoms with Gasteiger partial charge in [0.05, 0.1) is 13.2 Å². The summed E-state index contributed by atoms with van der Waals surface area (Å²) >= 11 is 0. The number of halogens is 2. The second kappa shape index (κ2) is 13.5. The number of hydrogen-bond donors (Lipinski definition) is 2. The molecule has 1 aliphatic carbocycles. The van der Waals surface area contributed by atoms with E-state index in [2.05, 4.69) is 24.4 Å². The zero-order chi connectivity index (χ0) is 30.3. The Morgan fingerprint density at radius 2 is 1.60 bits per heavy atom. The van der Waals surface area contributed by atoms with Gasteiger partial charge in [-0.2, -0.15) is 8.78 Å². The van der Waals surface area contributed by atoms with E-state index in [1.807, 2.05) is 42.5 Å². The first-order valence-electron chi connectivity index (χ1n) is 13.1. The third-order valence-electron chi connectivity index (χ3n) is 6.52. The number of ether oxygens (including phenoxy) is 1. The van der Waals surface area contributed by atoms with Crippen molar-refractivity contribution in [1.29, 1.82) is 0 Å². The number of carboxylic acid groups (broad SMARTS) is 1. The Balaban J connectivity index is 1.39. The first-order chi connectivity index (χ1) is 20.1. The molecule has 224 valence electrons. The van der Waals surface area contributed by atoms with Crippen molar-refractivity contribution in [2.45, 2.75) is 45.0 Å². The second-order valence-electron chi connectivity index (χ2n) is 9.29. The highest BCUT2D eigenvalue weighted by Gasteiger charge is 2.57. The van der Waals surface area contributed by atoms with E-state index in [9.17, 15) is 19.3 Å². The molecule has 3 aromatic carbocycles. The lowest BCUT2D eigenvalue weighted by Crippen LogP contribution is -2.42. The van der Waals surface area contributed by atoms with E-state index in [1.165, 1.54) is 31.5 Å². The highest BCUT2D eigenvalue weighted by Crippen LogP contribution is 2.67. The molecular weight excluding hydrogens is 575 g/mol. The van der Waals surface area contributed by atoms with Crippen LogP contribution in [0.15, 0.2) is 66.7 Å². The van der Waals surface area contributed by atoms with Gasteiger partial charge in [0.2, 0.25) is 0 Å². The summed E-state index contributed by atoms with van der Waals surface area (Å²) in [5.41, 5.74) is 0.601. The lowest BCUT2D eigenvalue weighted by atomic mass is 10.0. The Bertz CT molecular complexity index is 1450. The first kappa shape index (κ1) is 31.3. The maximum atomic E-state index is 15.1. The molecule has 42 heavy (non-hydrogen) atoms. The van der Waals surface area contributed by atoms with Gasteiger partial charge >= 0.3 is 25.3 Å². The largest absolute Gasteiger partial charge is 0.480 e. The highest BCUT2D eigenvalue weighted by molar-refractivity contribution is 7.54. The molecule has 1 atom stereocenters. The molecule has 0 heterocycles. The minimum absolute atomic E-state index is 0.0627. The van der Waals surface area contributed by atoms with E-state index < -0.39 is 36.9 Å². The van der Waals surface area contributed by atoms with E-state index in [0.717, 1.165) is 34.4 Å². The van der Waals surface area contributed by atoms with E-state index >= 15 is 8.78 Å². The van der Waals surface area contributed by atoms with E-state index in [-0.39, 0.29) is 26.2 Å². The normalized spacial score (nSPS) is 13.2. The maximum absolute atomic E-state index is 15.1. The van der Waals surface area contributed by atoms with Crippen molar-refractivity contribution in [3.05, 3.63) is 94.5 Å². The van der Waals surface area contributed by atoms with Gasteiger partial charge in [-0.3, -0.25) is 0 Å². The summed E-state index contributed by atoms with van der Waals surface area (Å²) in [4.78, 5) is 33.3. The molecule has 0 bridgehead atoms. The highest BCUT2D eigenvalue weighted by atomic mass is 31.2. The topological polar surface area (TPSA) is 130 Å². The lowest BCUT2D eigenvalue weighted by Gasteiger charge is -2.24. The molecule has 0 saturated heterocycles. The molecular formula is C29H30F2NO9P. The van der Waals surface area contributed by atoms with Crippen LogP contribution in [0.1, 0.15) is 41.7 Å². The zero-order valence-corrected chi connectivity index (χ0v) is 23.8. The van der Waals surface area contributed by atoms with E-state index in [1.54, 1.807) is 0 Å². The predicted molar refractivity (Wildman–Crippen MR) is 146 cm³/mol. The Kier molecular flexibility index (Phi) is 10.1. The smallest absolute Gasteiger partial charge is 0.457 e. The predicted octanol–water partition coefficient (Wildman–Crippen LogP) is 6.36. The van der Waals surface area contributed by atoms with Crippen LogP contribution in [-0.2, 0) is 58.3 Å². The van der Waals surface area contributed by atoms with Crippen LogP contribution in [0.25, 0.3) is 11.1 Å². The van der Waals surface area contributed by atoms with Crippen molar-refractivity contribution >= 4 is 19.7 Å². The van der Waals surface area contributed by atoms with Crippen molar-refractivity contribution in [3.8, 4) is 11.1 Å². The van der Waals surface area contributed by atoms with Gasteiger partial charge in [0.25, 0.3) is 0 Å². The average molecular weight is 606 g/mol. The van der Waals surface area contributed by atoms with Gasteiger partial charge in [0.15, 0.2) is 0 Å². The van der Waals surface area contributed by atoms with Gasteiger partial charge in [-0.15, -0.1) is 9.35 Å². The number of fused-ring (bicyclic) bond motifs is 3. The molecule has 1 unspecified atom stereocenters. The summed E-state index contributed by atoms with van der Waals surface area (Å²) < 4.78 is 57.0. The number of rotatable bonds is 14. The first-order valence-corrected chi connectivity index (χ1v) is 14.7. The number of carboxylic acids is 1. The Hall–Kier alpha value is -3.67. The number of carbonyl (C=O) groups excluding carboxylic acids is 1. The molecule has 0 saturated carbocycles. The fourth-order valence-electron chi connectivity index (χ4n) is 4.47. The van der Waals surface area contributed by atoms with Crippen LogP contribution in [0.2, 0.25) is 0 Å². The van der Waals surface area contributed by atoms with Crippen molar-refractivity contribution in [2.75, 3.05) is 13.2 Å². The van der Waals surface area contributed by atoms with Crippen molar-refractivity contribution in [3.63, 3.8) is 0 Å². The average Bonchev–Trinajstić information content (AvgIpc) is 3.37. The van der Waals surface area contributed by atoms with Crippen LogP contribution >= 0.6 is 7.60 Å². The van der Waals surface area contributed by atoms with E-state index in [4.69, 9.17) is 4.74 Å². The molecule has 0 aromatic heterocycles. The second-order valence-corrected chi connectivity index (χ2v) is 11.1. The molecule has 0 aliphatic heterocycles. The number of alkyl carbamates (subject to hydrolysis) is 1. The van der Waals surface area contributed by atoms with Crippen molar-refractivity contribution in [1.82, 2.24) is 5.32 Å². The number of benzene rings is 3. The fraction of sp³-hybridized carbons (Fsp3) is 0.310. The summed E-state index contributed by atoms with van der Waals surface area (Å²) in [5.74, 6) is -1.35. The molecule has 4 rings (SSSR count). The standard InChI is InChI=1S/C29H30F2NO9P/c1-3-38-40-42(36,41-39-4-2)29(30,31)22-14-12-19(13-15-22)16-26(27(33)34)32-28(35)37-18-21-9-7-11-24-23-10-6-5-8-20(23)17-25(21)24/h5-15,26H,3-4,16-18H2,1-2H3,(H,32,35)(H,33,34). The van der Waals surface area contributed by atoms with Crippen LogP contribution in [0.4, 0.5) is 13.6 Å². The Labute approximate surface area is 240 Å². The monoisotopic (exact) mass is 605 g/mol. The maximum Gasteiger partial charge on any atom is 0.457 e. The number of carbonyl (C=O) groups is 2. The van der Waals surface area contributed by atoms with Crippen molar-refractivity contribution in [2.24, 2.45) is 0 Å². The van der Waals surface area contributed by atoms with Gasteiger partial charge in [-0.05, 0) is 53.6 Å². The molecule has 1 aliphatic rings. The zero-order valence-electron chi connectivity index (χ0n) is 22.9. The van der Waals surface area contributed by atoms with Crippen LogP contribution in [0.3, 0.4) is 0 Å². The van der Waals surface area contributed by atoms with Crippen molar-refractivity contribution < 1.29 is 51.9 Å². The quantitative estimate of drug-likeness (QED) is 0.0958. The molecule has 0 fully saturated rings. The molecule has 10 nitrogen and oxygen atoms in total. The number of amides is 1. The minimum Gasteiger partial charge on any atom is -0.480 e. The summed E-state index contributed by atoms with van der Waals surface area (Å²) in [6.45, 7) is 2.46. The number of hydrogen-bond acceptors (Lipinski definition) is 8. The molecule has 0 radical (unpaired) electrons. The molecule has 13 heteroatoms.